The van der Waals surface area contributed by atoms with E-state index in [1.165, 1.54) is 0 Å². The Morgan fingerprint density at radius 1 is 1.24 bits per heavy atom. The summed E-state index contributed by atoms with van der Waals surface area (Å²) in [7, 11) is 0. The Balaban J connectivity index is 2.08. The molecule has 0 bridgehead atoms. The zero-order valence-corrected chi connectivity index (χ0v) is 13.0. The van der Waals surface area contributed by atoms with Crippen LogP contribution in [0.15, 0.2) is 29.6 Å². The standard InChI is InChI=1S/C15H18N2O3S/c1-15(2,3)12(13(18)19)17-14(20)16-10-4-5-11-9(8-10)6-7-21-11/h4-8,12H,1-3H3,(H,18,19)(H2,16,17,20). The van der Waals surface area contributed by atoms with E-state index in [2.05, 4.69) is 10.6 Å². The third-order valence-electron chi connectivity index (χ3n) is 3.10. The van der Waals surface area contributed by atoms with Gasteiger partial charge in [-0.3, -0.25) is 0 Å². The highest BCUT2D eigenvalue weighted by Crippen LogP contribution is 2.24. The molecular weight excluding hydrogens is 288 g/mol. The number of hydrogen-bond donors (Lipinski definition) is 3. The van der Waals surface area contributed by atoms with Crippen molar-refractivity contribution in [1.82, 2.24) is 5.32 Å². The van der Waals surface area contributed by atoms with Gasteiger partial charge < -0.3 is 15.7 Å². The molecule has 0 spiro atoms. The van der Waals surface area contributed by atoms with Crippen LogP contribution < -0.4 is 10.6 Å². The summed E-state index contributed by atoms with van der Waals surface area (Å²) in [5.74, 6) is -1.05. The molecule has 0 fully saturated rings. The molecule has 1 heterocycles. The second kappa shape index (κ2) is 5.73. The molecule has 1 unspecified atom stereocenters. The lowest BCUT2D eigenvalue weighted by molar-refractivity contribution is -0.141. The van der Waals surface area contributed by atoms with Gasteiger partial charge in [0.05, 0.1) is 0 Å². The number of anilines is 1. The summed E-state index contributed by atoms with van der Waals surface area (Å²) in [5.41, 5.74) is 0.0666. The lowest BCUT2D eigenvalue weighted by Crippen LogP contribution is -2.50. The van der Waals surface area contributed by atoms with Gasteiger partial charge in [-0.25, -0.2) is 9.59 Å². The lowest BCUT2D eigenvalue weighted by atomic mass is 9.87. The molecule has 2 amide bonds. The summed E-state index contributed by atoms with van der Waals surface area (Å²) >= 11 is 1.63. The summed E-state index contributed by atoms with van der Waals surface area (Å²) in [6.45, 7) is 5.30. The van der Waals surface area contributed by atoms with Crippen molar-refractivity contribution in [3.8, 4) is 0 Å². The highest BCUT2D eigenvalue weighted by atomic mass is 32.1. The topological polar surface area (TPSA) is 78.4 Å². The van der Waals surface area contributed by atoms with Crippen molar-refractivity contribution in [1.29, 1.82) is 0 Å². The number of benzene rings is 1. The molecule has 1 aromatic heterocycles. The minimum Gasteiger partial charge on any atom is -0.480 e. The lowest BCUT2D eigenvalue weighted by Gasteiger charge is -2.27. The van der Waals surface area contributed by atoms with Crippen LogP contribution in [0.4, 0.5) is 10.5 Å². The Morgan fingerprint density at radius 2 is 1.95 bits per heavy atom. The first-order valence-electron chi connectivity index (χ1n) is 6.55. The molecular formula is C15H18N2O3S. The first-order valence-corrected chi connectivity index (χ1v) is 7.43. The Labute approximate surface area is 127 Å². The predicted octanol–water partition coefficient (Wildman–Crippen LogP) is 3.52. The number of carboxylic acid groups (broad SMARTS) is 1. The number of amides is 2. The minimum atomic E-state index is -1.05. The zero-order chi connectivity index (χ0) is 15.6. The first kappa shape index (κ1) is 15.3. The van der Waals surface area contributed by atoms with E-state index < -0.39 is 23.5 Å². The maximum absolute atomic E-state index is 12.0. The minimum absolute atomic E-state index is 0.521. The van der Waals surface area contributed by atoms with Crippen molar-refractivity contribution >= 4 is 39.1 Å². The second-order valence-electron chi connectivity index (χ2n) is 5.91. The molecule has 6 heteroatoms. The third-order valence-corrected chi connectivity index (χ3v) is 4.00. The van der Waals surface area contributed by atoms with Crippen LogP contribution in [0, 0.1) is 5.41 Å². The van der Waals surface area contributed by atoms with E-state index in [4.69, 9.17) is 0 Å². The molecule has 5 nitrogen and oxygen atoms in total. The number of fused-ring (bicyclic) bond motifs is 1. The van der Waals surface area contributed by atoms with E-state index in [0.29, 0.717) is 5.69 Å². The quantitative estimate of drug-likeness (QED) is 0.811. The fourth-order valence-electron chi connectivity index (χ4n) is 1.99. The van der Waals surface area contributed by atoms with Crippen LogP contribution >= 0.6 is 11.3 Å². The van der Waals surface area contributed by atoms with Gasteiger partial charge in [0, 0.05) is 10.4 Å². The largest absolute Gasteiger partial charge is 0.480 e. The molecule has 0 radical (unpaired) electrons. The highest BCUT2D eigenvalue weighted by Gasteiger charge is 2.32. The van der Waals surface area contributed by atoms with Gasteiger partial charge in [-0.05, 0) is 40.4 Å². The van der Waals surface area contributed by atoms with Crippen LogP contribution in [0.25, 0.3) is 10.1 Å². The van der Waals surface area contributed by atoms with Crippen molar-refractivity contribution in [3.05, 3.63) is 29.6 Å². The maximum atomic E-state index is 12.0. The van der Waals surface area contributed by atoms with Crippen LogP contribution in [-0.2, 0) is 4.79 Å². The molecule has 2 rings (SSSR count). The number of carboxylic acids is 1. The Bertz CT molecular complexity index is 673. The Morgan fingerprint density at radius 3 is 2.57 bits per heavy atom. The average Bonchev–Trinajstić information content (AvgIpc) is 2.81. The van der Waals surface area contributed by atoms with Gasteiger partial charge in [-0.2, -0.15) is 0 Å². The average molecular weight is 306 g/mol. The zero-order valence-electron chi connectivity index (χ0n) is 12.1. The molecule has 0 aliphatic heterocycles. The fourth-order valence-corrected chi connectivity index (χ4v) is 2.76. The molecule has 0 aliphatic rings. The van der Waals surface area contributed by atoms with Crippen molar-refractivity contribution in [3.63, 3.8) is 0 Å². The van der Waals surface area contributed by atoms with Gasteiger partial charge in [0.2, 0.25) is 0 Å². The Hall–Kier alpha value is -2.08. The summed E-state index contributed by atoms with van der Waals surface area (Å²) in [6.07, 6.45) is 0. The summed E-state index contributed by atoms with van der Waals surface area (Å²) in [5, 5.41) is 17.4. The second-order valence-corrected chi connectivity index (χ2v) is 6.86. The monoisotopic (exact) mass is 306 g/mol. The van der Waals surface area contributed by atoms with E-state index in [-0.39, 0.29) is 0 Å². The maximum Gasteiger partial charge on any atom is 0.326 e. The van der Waals surface area contributed by atoms with Crippen LogP contribution in [0.1, 0.15) is 20.8 Å². The van der Waals surface area contributed by atoms with Crippen LogP contribution in [0.3, 0.4) is 0 Å². The summed E-state index contributed by atoms with van der Waals surface area (Å²) in [4.78, 5) is 23.2. The van der Waals surface area contributed by atoms with Crippen molar-refractivity contribution in [2.45, 2.75) is 26.8 Å². The number of rotatable bonds is 3. The molecule has 1 atom stereocenters. The smallest absolute Gasteiger partial charge is 0.326 e. The number of thiophene rings is 1. The number of aliphatic carboxylic acids is 1. The van der Waals surface area contributed by atoms with Gasteiger partial charge in [0.1, 0.15) is 6.04 Å². The fraction of sp³-hybridized carbons (Fsp3) is 0.333. The van der Waals surface area contributed by atoms with Crippen LogP contribution in [0.5, 0.6) is 0 Å². The molecule has 2 aromatic rings. The highest BCUT2D eigenvalue weighted by molar-refractivity contribution is 7.17. The number of hydrogen-bond acceptors (Lipinski definition) is 3. The summed E-state index contributed by atoms with van der Waals surface area (Å²) < 4.78 is 1.14. The Kier molecular flexibility index (Phi) is 4.18. The molecule has 21 heavy (non-hydrogen) atoms. The van der Waals surface area contributed by atoms with E-state index in [0.717, 1.165) is 10.1 Å². The van der Waals surface area contributed by atoms with Gasteiger partial charge in [-0.15, -0.1) is 11.3 Å². The van der Waals surface area contributed by atoms with Gasteiger partial charge >= 0.3 is 12.0 Å². The van der Waals surface area contributed by atoms with Gasteiger partial charge in [0.15, 0.2) is 0 Å². The predicted molar refractivity (Wildman–Crippen MR) is 84.9 cm³/mol. The molecule has 3 N–H and O–H groups in total. The van der Waals surface area contributed by atoms with Crippen LogP contribution in [0.2, 0.25) is 0 Å². The molecule has 0 saturated carbocycles. The number of urea groups is 1. The number of carbonyl (C=O) groups is 2. The van der Waals surface area contributed by atoms with Crippen molar-refractivity contribution in [2.75, 3.05) is 5.32 Å². The van der Waals surface area contributed by atoms with Gasteiger partial charge in [-0.1, -0.05) is 20.8 Å². The number of nitrogens with one attached hydrogen (secondary N) is 2. The first-order chi connectivity index (χ1) is 9.77. The van der Waals surface area contributed by atoms with E-state index in [9.17, 15) is 14.7 Å². The van der Waals surface area contributed by atoms with Crippen LogP contribution in [-0.4, -0.2) is 23.1 Å². The summed E-state index contributed by atoms with van der Waals surface area (Å²) in [6, 6.07) is 6.07. The van der Waals surface area contributed by atoms with E-state index >= 15 is 0 Å². The van der Waals surface area contributed by atoms with E-state index in [1.807, 2.05) is 23.6 Å². The van der Waals surface area contributed by atoms with E-state index in [1.54, 1.807) is 38.2 Å². The number of carbonyl (C=O) groups excluding carboxylic acids is 1. The van der Waals surface area contributed by atoms with Crippen molar-refractivity contribution in [2.24, 2.45) is 5.41 Å². The molecule has 0 aliphatic carbocycles. The molecule has 0 saturated heterocycles. The van der Waals surface area contributed by atoms with Crippen molar-refractivity contribution < 1.29 is 14.7 Å². The third kappa shape index (κ3) is 3.72. The van der Waals surface area contributed by atoms with Gasteiger partial charge in [0.25, 0.3) is 0 Å². The molecule has 112 valence electrons. The SMILES string of the molecule is CC(C)(C)C(NC(=O)Nc1ccc2sccc2c1)C(=O)O. The molecule has 1 aromatic carbocycles. The normalized spacial score (nSPS) is 12.9.